The number of ether oxygens (including phenoxy) is 1. The van der Waals surface area contributed by atoms with Gasteiger partial charge in [-0.05, 0) is 49.9 Å². The second kappa shape index (κ2) is 7.01. The molecular formula is C17H23FN2O4S. The van der Waals surface area contributed by atoms with Crippen LogP contribution in [0, 0.1) is 5.82 Å². The first-order valence-corrected chi connectivity index (χ1v) is 9.93. The fourth-order valence-corrected chi connectivity index (χ4v) is 5.13. The number of hydrogen-bond donors (Lipinski definition) is 1. The highest BCUT2D eigenvalue weighted by molar-refractivity contribution is 7.90. The lowest BCUT2D eigenvalue weighted by Gasteiger charge is -2.30. The van der Waals surface area contributed by atoms with Crippen molar-refractivity contribution in [2.24, 2.45) is 0 Å². The Labute approximate surface area is 147 Å². The quantitative estimate of drug-likeness (QED) is 0.790. The molecule has 0 aromatic heterocycles. The molecule has 0 spiro atoms. The predicted molar refractivity (Wildman–Crippen MR) is 91.2 cm³/mol. The fourth-order valence-electron chi connectivity index (χ4n) is 3.21. The van der Waals surface area contributed by atoms with Gasteiger partial charge in [-0.2, -0.15) is 4.31 Å². The van der Waals surface area contributed by atoms with Gasteiger partial charge in [0.25, 0.3) is 5.91 Å². The van der Waals surface area contributed by atoms with Gasteiger partial charge >= 0.3 is 0 Å². The second-order valence-electron chi connectivity index (χ2n) is 6.81. The molecule has 1 atom stereocenters. The van der Waals surface area contributed by atoms with E-state index in [1.165, 1.54) is 28.6 Å². The highest BCUT2D eigenvalue weighted by Gasteiger charge is 2.48. The van der Waals surface area contributed by atoms with E-state index < -0.39 is 21.4 Å². The second-order valence-corrected chi connectivity index (χ2v) is 9.03. The van der Waals surface area contributed by atoms with Crippen LogP contribution in [-0.4, -0.2) is 56.2 Å². The van der Waals surface area contributed by atoms with Crippen LogP contribution in [0.4, 0.5) is 4.39 Å². The number of amides is 1. The number of sulfonamides is 1. The first-order valence-electron chi connectivity index (χ1n) is 8.42. The molecule has 2 aliphatic rings. The van der Waals surface area contributed by atoms with E-state index in [0.717, 1.165) is 0 Å². The van der Waals surface area contributed by atoms with Crippen LogP contribution in [0.3, 0.4) is 0 Å². The smallest absolute Gasteiger partial charge is 0.251 e. The van der Waals surface area contributed by atoms with Crippen LogP contribution in [0.25, 0.3) is 0 Å². The molecule has 1 aliphatic heterocycles. The van der Waals surface area contributed by atoms with E-state index in [9.17, 15) is 17.6 Å². The highest BCUT2D eigenvalue weighted by Crippen LogP contribution is 2.36. The number of hydrogen-bond acceptors (Lipinski definition) is 4. The van der Waals surface area contributed by atoms with Crippen molar-refractivity contribution in [1.82, 2.24) is 9.62 Å². The van der Waals surface area contributed by atoms with Gasteiger partial charge in [-0.15, -0.1) is 0 Å². The summed E-state index contributed by atoms with van der Waals surface area (Å²) in [6.07, 6.45) is 2.49. The number of benzene rings is 1. The van der Waals surface area contributed by atoms with Crippen molar-refractivity contribution >= 4 is 15.9 Å². The maximum absolute atomic E-state index is 13.0. The van der Waals surface area contributed by atoms with Crippen molar-refractivity contribution in [3.05, 3.63) is 35.6 Å². The average molecular weight is 370 g/mol. The minimum Gasteiger partial charge on any atom is -0.385 e. The summed E-state index contributed by atoms with van der Waals surface area (Å²) < 4.78 is 44.7. The highest BCUT2D eigenvalue weighted by atomic mass is 32.2. The largest absolute Gasteiger partial charge is 0.385 e. The summed E-state index contributed by atoms with van der Waals surface area (Å²) in [5.41, 5.74) is -0.314. The van der Waals surface area contributed by atoms with Crippen molar-refractivity contribution in [2.75, 3.05) is 26.8 Å². The van der Waals surface area contributed by atoms with E-state index >= 15 is 0 Å². The van der Waals surface area contributed by atoms with Crippen LogP contribution in [0.15, 0.2) is 24.3 Å². The fraction of sp³-hybridized carbons (Fsp3) is 0.588. The maximum atomic E-state index is 13.0. The normalized spacial score (nSPS) is 24.4. The molecule has 25 heavy (non-hydrogen) atoms. The molecule has 1 aromatic rings. The number of halogens is 1. The van der Waals surface area contributed by atoms with Gasteiger partial charge in [0.15, 0.2) is 0 Å². The zero-order valence-corrected chi connectivity index (χ0v) is 15.0. The van der Waals surface area contributed by atoms with Crippen molar-refractivity contribution in [3.8, 4) is 0 Å². The molecule has 0 radical (unpaired) electrons. The number of rotatable bonds is 7. The number of nitrogens with one attached hydrogen (secondary N) is 1. The Bertz CT molecular complexity index is 734. The van der Waals surface area contributed by atoms with E-state index in [2.05, 4.69) is 5.32 Å². The van der Waals surface area contributed by atoms with Gasteiger partial charge in [0.2, 0.25) is 10.0 Å². The van der Waals surface area contributed by atoms with Gasteiger partial charge in [0.1, 0.15) is 5.82 Å². The Morgan fingerprint density at radius 2 is 2.04 bits per heavy atom. The Hall–Kier alpha value is -1.51. The van der Waals surface area contributed by atoms with Crippen LogP contribution < -0.4 is 5.32 Å². The molecule has 3 rings (SSSR count). The molecule has 138 valence electrons. The molecule has 2 fully saturated rings. The Balaban J connectivity index is 1.75. The Morgan fingerprint density at radius 1 is 1.36 bits per heavy atom. The number of methoxy groups -OCH3 is 1. The molecule has 1 amide bonds. The molecular weight excluding hydrogens is 347 g/mol. The summed E-state index contributed by atoms with van der Waals surface area (Å²) in [6, 6.07) is 5.30. The summed E-state index contributed by atoms with van der Waals surface area (Å²) in [5.74, 6) is -0.741. The van der Waals surface area contributed by atoms with Gasteiger partial charge in [0.05, 0.1) is 10.8 Å². The minimum absolute atomic E-state index is 0.252. The van der Waals surface area contributed by atoms with Crippen molar-refractivity contribution in [1.29, 1.82) is 0 Å². The van der Waals surface area contributed by atoms with E-state index in [1.807, 2.05) is 0 Å². The van der Waals surface area contributed by atoms with Crippen LogP contribution in [0.5, 0.6) is 0 Å². The van der Waals surface area contributed by atoms with Crippen LogP contribution in [0.1, 0.15) is 36.0 Å². The average Bonchev–Trinajstić information content (AvgIpc) is 3.36. The lowest BCUT2D eigenvalue weighted by atomic mass is 9.94. The van der Waals surface area contributed by atoms with Crippen LogP contribution in [0.2, 0.25) is 0 Å². The van der Waals surface area contributed by atoms with E-state index in [4.69, 9.17) is 4.74 Å². The van der Waals surface area contributed by atoms with Gasteiger partial charge in [-0.1, -0.05) is 0 Å². The topological polar surface area (TPSA) is 75.7 Å². The van der Waals surface area contributed by atoms with Crippen molar-refractivity contribution in [3.63, 3.8) is 0 Å². The first kappa shape index (κ1) is 18.3. The zero-order chi connectivity index (χ0) is 18.1. The first-order chi connectivity index (χ1) is 11.9. The van der Waals surface area contributed by atoms with Crippen molar-refractivity contribution < 1.29 is 22.3 Å². The lowest BCUT2D eigenvalue weighted by Crippen LogP contribution is -2.51. The molecule has 6 nitrogen and oxygen atoms in total. The van der Waals surface area contributed by atoms with Gasteiger partial charge in [0, 0.05) is 32.4 Å². The third-order valence-corrected chi connectivity index (χ3v) is 7.24. The molecule has 1 saturated carbocycles. The van der Waals surface area contributed by atoms with Crippen LogP contribution >= 0.6 is 0 Å². The Morgan fingerprint density at radius 3 is 2.64 bits per heavy atom. The minimum atomic E-state index is -3.28. The van der Waals surface area contributed by atoms with Gasteiger partial charge < -0.3 is 10.1 Å². The standard InChI is InChI=1S/C17H23FN2O4S/c1-24-11-9-17(19-16(21)13-2-4-14(18)5-3-13)8-10-20(12-17)25(22,23)15-6-7-15/h2-5,15H,6-12H2,1H3,(H,19,21)/t17-/m1/s1. The molecule has 0 unspecified atom stereocenters. The van der Waals surface area contributed by atoms with E-state index in [1.54, 1.807) is 7.11 Å². The Kier molecular flexibility index (Phi) is 5.13. The zero-order valence-electron chi connectivity index (χ0n) is 14.2. The van der Waals surface area contributed by atoms with Crippen LogP contribution in [-0.2, 0) is 14.8 Å². The number of carbonyl (C=O) groups is 1. The third kappa shape index (κ3) is 4.02. The molecule has 0 bridgehead atoms. The molecule has 1 aromatic carbocycles. The predicted octanol–water partition coefficient (Wildman–Crippen LogP) is 1.53. The number of carbonyl (C=O) groups excluding carboxylic acids is 1. The molecule has 1 saturated heterocycles. The summed E-state index contributed by atoms with van der Waals surface area (Å²) in [5, 5.41) is 2.71. The van der Waals surface area contributed by atoms with Gasteiger partial charge in [-0.25, -0.2) is 12.8 Å². The SMILES string of the molecule is COCC[C@]1(NC(=O)c2ccc(F)cc2)CCN(S(=O)(=O)C2CC2)C1. The lowest BCUT2D eigenvalue weighted by molar-refractivity contribution is 0.0871. The molecule has 8 heteroatoms. The van der Waals surface area contributed by atoms with E-state index in [-0.39, 0.29) is 17.7 Å². The molecule has 1 heterocycles. The van der Waals surface area contributed by atoms with E-state index in [0.29, 0.717) is 44.4 Å². The molecule has 1 N–H and O–H groups in total. The third-order valence-electron chi connectivity index (χ3n) is 4.89. The maximum Gasteiger partial charge on any atom is 0.251 e. The summed E-state index contributed by atoms with van der Waals surface area (Å²) in [6.45, 7) is 1.06. The summed E-state index contributed by atoms with van der Waals surface area (Å²) >= 11 is 0. The summed E-state index contributed by atoms with van der Waals surface area (Å²) in [7, 11) is -1.70. The molecule has 1 aliphatic carbocycles. The van der Waals surface area contributed by atoms with Gasteiger partial charge in [-0.3, -0.25) is 4.79 Å². The number of nitrogens with zero attached hydrogens (tertiary/aromatic N) is 1. The monoisotopic (exact) mass is 370 g/mol. The van der Waals surface area contributed by atoms with Crippen molar-refractivity contribution in [2.45, 2.75) is 36.5 Å². The summed E-state index contributed by atoms with van der Waals surface area (Å²) in [4.78, 5) is 12.5.